The van der Waals surface area contributed by atoms with Crippen molar-refractivity contribution in [2.75, 3.05) is 6.54 Å². The second-order valence-electron chi connectivity index (χ2n) is 4.29. The molecule has 0 saturated carbocycles. The highest BCUT2D eigenvalue weighted by atomic mass is 16.1. The van der Waals surface area contributed by atoms with Crippen LogP contribution in [0, 0.1) is 0 Å². The zero-order chi connectivity index (χ0) is 10.8. The van der Waals surface area contributed by atoms with Crippen molar-refractivity contribution in [3.05, 3.63) is 18.2 Å². The quantitative estimate of drug-likeness (QED) is 0.762. The van der Waals surface area contributed by atoms with E-state index in [9.17, 15) is 4.79 Å². The summed E-state index contributed by atoms with van der Waals surface area (Å²) < 4.78 is 1.93. The Bertz CT molecular complexity index is 350. The third kappa shape index (κ3) is 1.95. The molecule has 1 aliphatic rings. The molecule has 1 aromatic heterocycles. The van der Waals surface area contributed by atoms with E-state index in [2.05, 4.69) is 24.1 Å². The lowest BCUT2D eigenvalue weighted by Gasteiger charge is -2.13. The highest BCUT2D eigenvalue weighted by molar-refractivity contribution is 5.98. The summed E-state index contributed by atoms with van der Waals surface area (Å²) in [5.41, 5.74) is 0.726. The van der Waals surface area contributed by atoms with Gasteiger partial charge in [0.05, 0.1) is 18.6 Å². The number of rotatable bonds is 3. The first kappa shape index (κ1) is 10.4. The Labute approximate surface area is 89.7 Å². The van der Waals surface area contributed by atoms with E-state index in [0.717, 1.165) is 25.1 Å². The molecule has 1 fully saturated rings. The molecular weight excluding hydrogens is 190 g/mol. The normalized spacial score (nSPS) is 21.1. The van der Waals surface area contributed by atoms with Crippen molar-refractivity contribution in [3.63, 3.8) is 0 Å². The predicted octanol–water partition coefficient (Wildman–Crippen LogP) is 1.40. The van der Waals surface area contributed by atoms with Gasteiger partial charge in [-0.25, -0.2) is 4.98 Å². The molecule has 1 N–H and O–H groups in total. The van der Waals surface area contributed by atoms with E-state index in [0.29, 0.717) is 0 Å². The Morgan fingerprint density at radius 1 is 1.67 bits per heavy atom. The van der Waals surface area contributed by atoms with Crippen LogP contribution in [0.1, 0.15) is 43.2 Å². The lowest BCUT2D eigenvalue weighted by molar-refractivity contribution is 0.0941. The summed E-state index contributed by atoms with van der Waals surface area (Å²) in [6.45, 7) is 5.06. The summed E-state index contributed by atoms with van der Waals surface area (Å²) in [6, 6.07) is 0.284. The molecule has 1 aromatic rings. The van der Waals surface area contributed by atoms with Gasteiger partial charge in [0.25, 0.3) is 0 Å². The highest BCUT2D eigenvalue weighted by Crippen LogP contribution is 2.15. The molecule has 0 bridgehead atoms. The summed E-state index contributed by atoms with van der Waals surface area (Å²) in [4.78, 5) is 16.2. The monoisotopic (exact) mass is 207 g/mol. The number of hydrogen-bond acceptors (Lipinski definition) is 3. The van der Waals surface area contributed by atoms with Crippen LogP contribution in [0.3, 0.4) is 0 Å². The van der Waals surface area contributed by atoms with Crippen LogP contribution in [0.2, 0.25) is 0 Å². The molecular formula is C11H17N3O. The Balaban J connectivity index is 2.20. The van der Waals surface area contributed by atoms with E-state index in [1.807, 2.05) is 4.57 Å². The highest BCUT2D eigenvalue weighted by Gasteiger charge is 2.25. The van der Waals surface area contributed by atoms with Crippen LogP contribution in [-0.2, 0) is 0 Å². The fraction of sp³-hybridized carbons (Fsp3) is 0.636. The fourth-order valence-electron chi connectivity index (χ4n) is 1.99. The Morgan fingerprint density at radius 3 is 3.07 bits per heavy atom. The lowest BCUT2D eigenvalue weighted by atomic mass is 10.1. The molecule has 2 rings (SSSR count). The second-order valence-corrected chi connectivity index (χ2v) is 4.29. The summed E-state index contributed by atoms with van der Waals surface area (Å²) >= 11 is 0. The molecule has 1 saturated heterocycles. The molecule has 0 aromatic carbocycles. The molecule has 82 valence electrons. The summed E-state index contributed by atoms with van der Waals surface area (Å²) in [7, 11) is 0. The fourth-order valence-corrected chi connectivity index (χ4v) is 1.99. The molecule has 4 nitrogen and oxygen atoms in total. The maximum absolute atomic E-state index is 12.1. The molecule has 0 aliphatic carbocycles. The van der Waals surface area contributed by atoms with Crippen molar-refractivity contribution in [2.24, 2.45) is 0 Å². The minimum Gasteiger partial charge on any atom is -0.326 e. The maximum Gasteiger partial charge on any atom is 0.197 e. The van der Waals surface area contributed by atoms with Gasteiger partial charge < -0.3 is 9.88 Å². The minimum atomic E-state index is -0.000741. The van der Waals surface area contributed by atoms with Crippen molar-refractivity contribution in [3.8, 4) is 0 Å². The number of hydrogen-bond donors (Lipinski definition) is 1. The lowest BCUT2D eigenvalue weighted by Crippen LogP contribution is -2.32. The van der Waals surface area contributed by atoms with Crippen LogP contribution < -0.4 is 5.32 Å². The van der Waals surface area contributed by atoms with Gasteiger partial charge in [-0.2, -0.15) is 0 Å². The SMILES string of the molecule is CC(C)n1cncc1C(=O)C1CCCN1. The zero-order valence-electron chi connectivity index (χ0n) is 9.23. The van der Waals surface area contributed by atoms with Gasteiger partial charge in [0.15, 0.2) is 5.78 Å². The number of imidazole rings is 1. The van der Waals surface area contributed by atoms with Gasteiger partial charge >= 0.3 is 0 Å². The number of carbonyl (C=O) groups excluding carboxylic acids is 1. The first-order chi connectivity index (χ1) is 7.20. The summed E-state index contributed by atoms with van der Waals surface area (Å²) in [5, 5.41) is 3.22. The topological polar surface area (TPSA) is 46.9 Å². The molecule has 1 unspecified atom stereocenters. The summed E-state index contributed by atoms with van der Waals surface area (Å²) in [5.74, 6) is 0.179. The minimum absolute atomic E-state index is 0.000741. The Morgan fingerprint density at radius 2 is 2.47 bits per heavy atom. The van der Waals surface area contributed by atoms with Crippen LogP contribution >= 0.6 is 0 Å². The van der Waals surface area contributed by atoms with Gasteiger partial charge in [0.2, 0.25) is 0 Å². The van der Waals surface area contributed by atoms with Gasteiger partial charge in [0, 0.05) is 6.04 Å². The Kier molecular flexibility index (Phi) is 2.86. The van der Waals surface area contributed by atoms with Crippen molar-refractivity contribution < 1.29 is 4.79 Å². The molecule has 0 radical (unpaired) electrons. The molecule has 1 atom stereocenters. The van der Waals surface area contributed by atoms with Crippen molar-refractivity contribution in [1.29, 1.82) is 0 Å². The standard InChI is InChI=1S/C11H17N3O/c1-8(2)14-7-12-6-10(14)11(15)9-4-3-5-13-9/h6-9,13H,3-5H2,1-2H3. The number of nitrogens with one attached hydrogen (secondary N) is 1. The molecule has 2 heterocycles. The van der Waals surface area contributed by atoms with E-state index < -0.39 is 0 Å². The maximum atomic E-state index is 12.1. The van der Waals surface area contributed by atoms with Gasteiger partial charge in [-0.15, -0.1) is 0 Å². The van der Waals surface area contributed by atoms with E-state index in [4.69, 9.17) is 0 Å². The largest absolute Gasteiger partial charge is 0.326 e. The van der Waals surface area contributed by atoms with E-state index in [1.54, 1.807) is 12.5 Å². The zero-order valence-corrected chi connectivity index (χ0v) is 9.23. The van der Waals surface area contributed by atoms with Gasteiger partial charge in [-0.05, 0) is 33.2 Å². The third-order valence-electron chi connectivity index (χ3n) is 2.85. The third-order valence-corrected chi connectivity index (χ3v) is 2.85. The average molecular weight is 207 g/mol. The van der Waals surface area contributed by atoms with Crippen LogP contribution in [0.15, 0.2) is 12.5 Å². The van der Waals surface area contributed by atoms with Gasteiger partial charge in [-0.1, -0.05) is 0 Å². The van der Waals surface area contributed by atoms with E-state index in [-0.39, 0.29) is 17.9 Å². The summed E-state index contributed by atoms with van der Waals surface area (Å²) in [6.07, 6.45) is 5.43. The number of ketones is 1. The van der Waals surface area contributed by atoms with Crippen molar-refractivity contribution >= 4 is 5.78 Å². The number of nitrogens with zero attached hydrogens (tertiary/aromatic N) is 2. The molecule has 1 aliphatic heterocycles. The molecule has 0 spiro atoms. The van der Waals surface area contributed by atoms with Crippen molar-refractivity contribution in [1.82, 2.24) is 14.9 Å². The van der Waals surface area contributed by atoms with Crippen LogP contribution in [0.25, 0.3) is 0 Å². The van der Waals surface area contributed by atoms with Crippen LogP contribution in [-0.4, -0.2) is 27.9 Å². The smallest absolute Gasteiger partial charge is 0.197 e. The van der Waals surface area contributed by atoms with Crippen LogP contribution in [0.5, 0.6) is 0 Å². The second kappa shape index (κ2) is 4.14. The van der Waals surface area contributed by atoms with E-state index in [1.165, 1.54) is 0 Å². The molecule has 0 amide bonds. The van der Waals surface area contributed by atoms with Crippen LogP contribution in [0.4, 0.5) is 0 Å². The van der Waals surface area contributed by atoms with E-state index >= 15 is 0 Å². The first-order valence-electron chi connectivity index (χ1n) is 5.49. The predicted molar refractivity (Wildman–Crippen MR) is 58.0 cm³/mol. The van der Waals surface area contributed by atoms with Gasteiger partial charge in [0.1, 0.15) is 5.69 Å². The number of aromatic nitrogens is 2. The molecule has 4 heteroatoms. The number of Topliss-reactive ketones (excluding diaryl/α,β-unsaturated/α-hetero) is 1. The molecule has 15 heavy (non-hydrogen) atoms. The average Bonchev–Trinajstić information content (AvgIpc) is 2.88. The van der Waals surface area contributed by atoms with Gasteiger partial charge in [-0.3, -0.25) is 4.79 Å². The Hall–Kier alpha value is -1.16. The first-order valence-corrected chi connectivity index (χ1v) is 5.49. The number of carbonyl (C=O) groups is 1. The van der Waals surface area contributed by atoms with Crippen molar-refractivity contribution in [2.45, 2.75) is 38.8 Å².